The first-order valence-corrected chi connectivity index (χ1v) is 3.16. The predicted octanol–water partition coefficient (Wildman–Crippen LogP) is 0.438. The Morgan fingerprint density at radius 2 is 2.30 bits per heavy atom. The molecule has 55 valence electrons. The van der Waals surface area contributed by atoms with Crippen LogP contribution in [0.1, 0.15) is 20.3 Å². The molecule has 1 heterocycles. The van der Waals surface area contributed by atoms with Crippen molar-refractivity contribution < 1.29 is 14.3 Å². The third kappa shape index (κ3) is 1.03. The van der Waals surface area contributed by atoms with Gasteiger partial charge < -0.3 is 4.74 Å². The highest BCUT2D eigenvalue weighted by Crippen LogP contribution is 2.30. The number of carbonyl (C=O) groups is 1. The summed E-state index contributed by atoms with van der Waals surface area (Å²) in [5, 5.41) is 0. The lowest BCUT2D eigenvalue weighted by molar-refractivity contribution is -0.146. The summed E-state index contributed by atoms with van der Waals surface area (Å²) in [4.78, 5) is 20.8. The molecular weight excluding hydrogens is 132 g/mol. The van der Waals surface area contributed by atoms with E-state index in [1.165, 1.54) is 0 Å². The fraction of sp³-hybridized carbons (Fsp3) is 0.714. The van der Waals surface area contributed by atoms with Gasteiger partial charge in [-0.05, 0) is 13.8 Å². The summed E-state index contributed by atoms with van der Waals surface area (Å²) in [7, 11) is 0. The molecule has 1 atom stereocenters. The van der Waals surface area contributed by atoms with E-state index in [-0.39, 0.29) is 18.3 Å². The molecule has 1 aliphatic rings. The Hall–Kier alpha value is -0.860. The Balaban J connectivity index is 2.76. The van der Waals surface area contributed by atoms with Crippen LogP contribution in [0.25, 0.3) is 0 Å². The molecule has 0 bridgehead atoms. The topological polar surface area (TPSA) is 43.4 Å². The minimum absolute atomic E-state index is 0.177. The van der Waals surface area contributed by atoms with Crippen LogP contribution in [-0.2, 0) is 14.3 Å². The number of cyclic esters (lactones) is 1. The average Bonchev–Trinajstić information content (AvgIpc) is 2.04. The van der Waals surface area contributed by atoms with Crippen molar-refractivity contribution in [2.75, 3.05) is 0 Å². The van der Waals surface area contributed by atoms with E-state index in [1.54, 1.807) is 20.1 Å². The molecule has 0 aromatic rings. The van der Waals surface area contributed by atoms with Crippen molar-refractivity contribution >= 4 is 12.3 Å². The number of carbonyl (C=O) groups excluding carboxylic acids is 2. The van der Waals surface area contributed by atoms with E-state index in [4.69, 9.17) is 4.74 Å². The summed E-state index contributed by atoms with van der Waals surface area (Å²) in [6.45, 7) is 3.43. The van der Waals surface area contributed by atoms with Gasteiger partial charge in [-0.3, -0.25) is 9.59 Å². The van der Waals surface area contributed by atoms with Gasteiger partial charge in [0.2, 0.25) is 6.29 Å². The van der Waals surface area contributed by atoms with Crippen LogP contribution in [0.2, 0.25) is 0 Å². The van der Waals surface area contributed by atoms with Crippen LogP contribution >= 0.6 is 0 Å². The zero-order valence-electron chi connectivity index (χ0n) is 6.01. The molecular formula is C7H9O3. The van der Waals surface area contributed by atoms with E-state index in [9.17, 15) is 9.59 Å². The summed E-state index contributed by atoms with van der Waals surface area (Å²) >= 11 is 0. The molecule has 1 radical (unpaired) electrons. The Bertz CT molecular complexity index is 172. The lowest BCUT2D eigenvalue weighted by atomic mass is 9.93. The average molecular weight is 141 g/mol. The number of esters is 1. The van der Waals surface area contributed by atoms with Gasteiger partial charge in [0.15, 0.2) is 0 Å². The lowest BCUT2D eigenvalue weighted by Gasteiger charge is -2.19. The molecule has 1 saturated heterocycles. The Morgan fingerprint density at radius 3 is 2.50 bits per heavy atom. The molecule has 3 nitrogen and oxygen atoms in total. The van der Waals surface area contributed by atoms with Crippen molar-refractivity contribution in [2.45, 2.75) is 25.9 Å². The molecule has 0 N–H and O–H groups in total. The van der Waals surface area contributed by atoms with Crippen LogP contribution in [0, 0.1) is 5.92 Å². The lowest BCUT2D eigenvalue weighted by Crippen LogP contribution is -2.28. The van der Waals surface area contributed by atoms with E-state index in [2.05, 4.69) is 0 Å². The maximum atomic E-state index is 10.6. The van der Waals surface area contributed by atoms with Crippen molar-refractivity contribution in [1.82, 2.24) is 0 Å². The number of hydrogen-bond acceptors (Lipinski definition) is 3. The molecule has 0 spiro atoms. The Kier molecular flexibility index (Phi) is 1.50. The van der Waals surface area contributed by atoms with Crippen LogP contribution in [0.3, 0.4) is 0 Å². The smallest absolute Gasteiger partial charge is 0.307 e. The Labute approximate surface area is 59.4 Å². The molecule has 0 aromatic heterocycles. The van der Waals surface area contributed by atoms with Crippen LogP contribution in [0.15, 0.2) is 0 Å². The van der Waals surface area contributed by atoms with E-state index in [1.807, 2.05) is 0 Å². The van der Waals surface area contributed by atoms with Gasteiger partial charge >= 0.3 is 5.97 Å². The molecule has 10 heavy (non-hydrogen) atoms. The zero-order valence-corrected chi connectivity index (χ0v) is 6.01. The van der Waals surface area contributed by atoms with Crippen LogP contribution in [0.5, 0.6) is 0 Å². The van der Waals surface area contributed by atoms with Crippen molar-refractivity contribution in [3.8, 4) is 0 Å². The standard InChI is InChI=1S/C7H9O3/c1-7(2)5(4-8)3-6(9)10-7/h5H,3H2,1-2H3. The van der Waals surface area contributed by atoms with Crippen molar-refractivity contribution in [3.63, 3.8) is 0 Å². The molecule has 3 heteroatoms. The van der Waals surface area contributed by atoms with Gasteiger partial charge in [0, 0.05) is 0 Å². The van der Waals surface area contributed by atoms with Gasteiger partial charge in [-0.1, -0.05) is 0 Å². The van der Waals surface area contributed by atoms with Crippen LogP contribution in [0.4, 0.5) is 0 Å². The third-order valence-corrected chi connectivity index (χ3v) is 1.73. The molecule has 0 aliphatic carbocycles. The highest BCUT2D eigenvalue weighted by Gasteiger charge is 2.41. The first-order valence-electron chi connectivity index (χ1n) is 3.16. The van der Waals surface area contributed by atoms with Gasteiger partial charge in [0.1, 0.15) is 5.60 Å². The number of ether oxygens (including phenoxy) is 1. The van der Waals surface area contributed by atoms with Crippen molar-refractivity contribution in [1.29, 1.82) is 0 Å². The van der Waals surface area contributed by atoms with Gasteiger partial charge in [-0.25, -0.2) is 0 Å². The summed E-state index contributed by atoms with van der Waals surface area (Å²) in [6, 6.07) is 0. The minimum Gasteiger partial charge on any atom is -0.459 e. The second-order valence-corrected chi connectivity index (χ2v) is 2.95. The van der Waals surface area contributed by atoms with E-state index in [0.717, 1.165) is 0 Å². The maximum absolute atomic E-state index is 10.6. The second-order valence-electron chi connectivity index (χ2n) is 2.95. The monoisotopic (exact) mass is 141 g/mol. The van der Waals surface area contributed by atoms with E-state index in [0.29, 0.717) is 0 Å². The zero-order chi connectivity index (χ0) is 7.78. The Morgan fingerprint density at radius 1 is 1.70 bits per heavy atom. The van der Waals surface area contributed by atoms with E-state index >= 15 is 0 Å². The summed E-state index contributed by atoms with van der Waals surface area (Å²) in [5.74, 6) is -0.696. The minimum atomic E-state index is -0.640. The summed E-state index contributed by atoms with van der Waals surface area (Å²) < 4.78 is 4.85. The number of rotatable bonds is 1. The van der Waals surface area contributed by atoms with Crippen LogP contribution < -0.4 is 0 Å². The molecule has 0 aromatic carbocycles. The SMILES string of the molecule is CC1(C)OC(=O)CC1[C]=O. The fourth-order valence-electron chi connectivity index (χ4n) is 1.00. The first kappa shape index (κ1) is 7.25. The molecule has 0 amide bonds. The molecule has 1 rings (SSSR count). The van der Waals surface area contributed by atoms with Crippen LogP contribution in [-0.4, -0.2) is 17.9 Å². The van der Waals surface area contributed by atoms with Crippen molar-refractivity contribution in [2.24, 2.45) is 5.92 Å². The normalized spacial score (nSPS) is 29.8. The maximum Gasteiger partial charge on any atom is 0.307 e. The second kappa shape index (κ2) is 2.08. The molecule has 1 aliphatic heterocycles. The van der Waals surface area contributed by atoms with Gasteiger partial charge in [0.25, 0.3) is 0 Å². The van der Waals surface area contributed by atoms with E-state index < -0.39 is 5.60 Å². The first-order chi connectivity index (χ1) is 4.56. The highest BCUT2D eigenvalue weighted by molar-refractivity contribution is 5.78. The predicted molar refractivity (Wildman–Crippen MR) is 34.0 cm³/mol. The van der Waals surface area contributed by atoms with Gasteiger partial charge in [0.05, 0.1) is 12.3 Å². The molecule has 0 saturated carbocycles. The third-order valence-electron chi connectivity index (χ3n) is 1.73. The molecule has 1 unspecified atom stereocenters. The highest BCUT2D eigenvalue weighted by atomic mass is 16.6. The largest absolute Gasteiger partial charge is 0.459 e. The number of hydrogen-bond donors (Lipinski definition) is 0. The quantitative estimate of drug-likeness (QED) is 0.497. The van der Waals surface area contributed by atoms with Crippen molar-refractivity contribution in [3.05, 3.63) is 0 Å². The fourth-order valence-corrected chi connectivity index (χ4v) is 1.00. The summed E-state index contributed by atoms with van der Waals surface area (Å²) in [5.41, 5.74) is -0.640. The molecule has 1 fully saturated rings. The van der Waals surface area contributed by atoms with Gasteiger partial charge in [-0.15, -0.1) is 0 Å². The van der Waals surface area contributed by atoms with Gasteiger partial charge in [-0.2, -0.15) is 0 Å². The summed E-state index contributed by atoms with van der Waals surface area (Å²) in [6.07, 6.45) is 1.97.